The maximum Gasteiger partial charge on any atom is 0.307 e. The highest BCUT2D eigenvalue weighted by Gasteiger charge is 2.35. The molecule has 0 bridgehead atoms. The van der Waals surface area contributed by atoms with Crippen molar-refractivity contribution in [1.82, 2.24) is 10.3 Å². The number of carboxylic acid groups (broad SMARTS) is 1. The number of aromatic nitrogens is 1. The molecule has 146 valence electrons. The first-order valence-corrected chi connectivity index (χ1v) is 9.35. The first-order valence-electron chi connectivity index (χ1n) is 9.35. The van der Waals surface area contributed by atoms with Crippen LogP contribution in [0.1, 0.15) is 41.6 Å². The van der Waals surface area contributed by atoms with Gasteiger partial charge in [-0.1, -0.05) is 18.9 Å². The van der Waals surface area contributed by atoms with E-state index in [0.29, 0.717) is 30.6 Å². The molecule has 0 unspecified atom stereocenters. The number of amides is 2. The van der Waals surface area contributed by atoms with Crippen molar-refractivity contribution < 1.29 is 19.5 Å². The Morgan fingerprint density at radius 1 is 1.04 bits per heavy atom. The second kappa shape index (κ2) is 9.12. The smallest absolute Gasteiger partial charge is 0.307 e. The van der Waals surface area contributed by atoms with Crippen LogP contribution in [0, 0.1) is 11.8 Å². The zero-order chi connectivity index (χ0) is 19.9. The third-order valence-electron chi connectivity index (χ3n) is 5.01. The van der Waals surface area contributed by atoms with E-state index in [-0.39, 0.29) is 11.8 Å². The molecule has 1 fully saturated rings. The van der Waals surface area contributed by atoms with Crippen molar-refractivity contribution in [3.8, 4) is 0 Å². The van der Waals surface area contributed by atoms with Crippen molar-refractivity contribution in [2.24, 2.45) is 11.8 Å². The molecular formula is C21H23N3O4. The molecule has 2 aromatic rings. The Bertz CT molecular complexity index is 836. The van der Waals surface area contributed by atoms with Gasteiger partial charge in [-0.25, -0.2) is 0 Å². The Morgan fingerprint density at radius 3 is 2.39 bits per heavy atom. The summed E-state index contributed by atoms with van der Waals surface area (Å²) >= 11 is 0. The van der Waals surface area contributed by atoms with Gasteiger partial charge < -0.3 is 15.7 Å². The van der Waals surface area contributed by atoms with Gasteiger partial charge in [0.2, 0.25) is 5.91 Å². The Morgan fingerprint density at radius 2 is 1.75 bits per heavy atom. The van der Waals surface area contributed by atoms with Crippen LogP contribution in [-0.4, -0.2) is 27.9 Å². The highest BCUT2D eigenvalue weighted by Crippen LogP contribution is 2.31. The zero-order valence-corrected chi connectivity index (χ0v) is 15.4. The van der Waals surface area contributed by atoms with E-state index >= 15 is 0 Å². The predicted octanol–water partition coefficient (Wildman–Crippen LogP) is 2.84. The number of pyridine rings is 1. The monoisotopic (exact) mass is 381 g/mol. The van der Waals surface area contributed by atoms with Gasteiger partial charge in [0, 0.05) is 30.2 Å². The predicted molar refractivity (Wildman–Crippen MR) is 104 cm³/mol. The van der Waals surface area contributed by atoms with E-state index in [1.807, 2.05) is 6.07 Å². The van der Waals surface area contributed by atoms with Crippen LogP contribution in [0.4, 0.5) is 5.69 Å². The maximum absolute atomic E-state index is 12.5. The fraction of sp³-hybridized carbons (Fsp3) is 0.333. The Labute approximate surface area is 163 Å². The molecule has 1 saturated carbocycles. The minimum Gasteiger partial charge on any atom is -0.481 e. The molecule has 0 spiro atoms. The Kier molecular flexibility index (Phi) is 6.37. The van der Waals surface area contributed by atoms with Gasteiger partial charge in [-0.2, -0.15) is 0 Å². The minimum atomic E-state index is -0.916. The lowest BCUT2D eigenvalue weighted by molar-refractivity contribution is -0.147. The van der Waals surface area contributed by atoms with Crippen LogP contribution < -0.4 is 10.6 Å². The average Bonchev–Trinajstić information content (AvgIpc) is 2.73. The molecule has 1 aromatic carbocycles. The molecule has 3 rings (SSSR count). The molecule has 3 N–H and O–H groups in total. The van der Waals surface area contributed by atoms with Gasteiger partial charge in [-0.05, 0) is 48.7 Å². The summed E-state index contributed by atoms with van der Waals surface area (Å²) in [6.07, 6.45) is 6.17. The molecule has 1 aliphatic carbocycles. The van der Waals surface area contributed by atoms with E-state index in [1.165, 1.54) is 0 Å². The van der Waals surface area contributed by atoms with Crippen molar-refractivity contribution in [3.63, 3.8) is 0 Å². The van der Waals surface area contributed by atoms with E-state index in [4.69, 9.17) is 0 Å². The van der Waals surface area contributed by atoms with Crippen LogP contribution in [0.25, 0.3) is 0 Å². The van der Waals surface area contributed by atoms with E-state index in [2.05, 4.69) is 15.6 Å². The minimum absolute atomic E-state index is 0.222. The number of nitrogens with one attached hydrogen (secondary N) is 2. The fourth-order valence-corrected chi connectivity index (χ4v) is 3.47. The summed E-state index contributed by atoms with van der Waals surface area (Å²) in [4.78, 5) is 40.1. The summed E-state index contributed by atoms with van der Waals surface area (Å²) < 4.78 is 0. The number of carbonyl (C=O) groups is 3. The molecule has 0 saturated heterocycles. The molecule has 1 aliphatic rings. The number of carbonyl (C=O) groups excluding carboxylic acids is 2. The van der Waals surface area contributed by atoms with Crippen LogP contribution in [0.2, 0.25) is 0 Å². The molecule has 0 radical (unpaired) electrons. The molecule has 28 heavy (non-hydrogen) atoms. The number of anilines is 1. The average molecular weight is 381 g/mol. The lowest BCUT2D eigenvalue weighted by Gasteiger charge is -2.27. The summed E-state index contributed by atoms with van der Waals surface area (Å²) in [7, 11) is 0. The van der Waals surface area contributed by atoms with E-state index in [1.54, 1.807) is 42.7 Å². The first kappa shape index (κ1) is 19.5. The maximum atomic E-state index is 12.5. The highest BCUT2D eigenvalue weighted by molar-refractivity contribution is 5.97. The van der Waals surface area contributed by atoms with Gasteiger partial charge in [0.15, 0.2) is 0 Å². The van der Waals surface area contributed by atoms with E-state index < -0.39 is 17.8 Å². The third-order valence-corrected chi connectivity index (χ3v) is 5.01. The lowest BCUT2D eigenvalue weighted by atomic mass is 9.78. The molecule has 1 heterocycles. The normalized spacial score (nSPS) is 18.9. The van der Waals surface area contributed by atoms with Crippen molar-refractivity contribution in [2.45, 2.75) is 32.2 Å². The summed E-state index contributed by atoms with van der Waals surface area (Å²) in [5.74, 6) is -2.57. The summed E-state index contributed by atoms with van der Waals surface area (Å²) in [5, 5.41) is 14.9. The zero-order valence-electron chi connectivity index (χ0n) is 15.4. The summed E-state index contributed by atoms with van der Waals surface area (Å²) in [6, 6.07) is 10.2. The second-order valence-corrected chi connectivity index (χ2v) is 6.95. The molecule has 7 heteroatoms. The van der Waals surface area contributed by atoms with Crippen LogP contribution >= 0.6 is 0 Å². The van der Waals surface area contributed by atoms with Crippen molar-refractivity contribution in [1.29, 1.82) is 0 Å². The van der Waals surface area contributed by atoms with Crippen molar-refractivity contribution in [2.75, 3.05) is 5.32 Å². The summed E-state index contributed by atoms with van der Waals surface area (Å²) in [6.45, 7) is 0.378. The number of hydrogen-bond donors (Lipinski definition) is 3. The first-order chi connectivity index (χ1) is 13.5. The molecule has 2 amide bonds. The van der Waals surface area contributed by atoms with Gasteiger partial charge >= 0.3 is 5.97 Å². The lowest BCUT2D eigenvalue weighted by Crippen LogP contribution is -2.36. The number of rotatable bonds is 6. The number of nitrogens with zero attached hydrogens (tertiary/aromatic N) is 1. The van der Waals surface area contributed by atoms with Crippen LogP contribution in [0.15, 0.2) is 48.8 Å². The van der Waals surface area contributed by atoms with Crippen LogP contribution in [-0.2, 0) is 16.1 Å². The number of aliphatic carboxylic acids is 1. The van der Waals surface area contributed by atoms with Crippen molar-refractivity contribution in [3.05, 3.63) is 59.9 Å². The van der Waals surface area contributed by atoms with Gasteiger partial charge in [0.05, 0.1) is 11.8 Å². The molecule has 2 atom stereocenters. The number of benzene rings is 1. The number of carboxylic acids is 1. The second-order valence-electron chi connectivity index (χ2n) is 6.95. The standard InChI is InChI=1S/C21H23N3O4/c25-19(23-13-14-4-3-11-22-12-14)15-7-9-16(10-8-15)24-20(26)17-5-1-2-6-18(17)21(27)28/h3-4,7-12,17-18H,1-2,5-6,13H2,(H,23,25)(H,24,26)(H,27,28)/t17-,18-/m0/s1. The van der Waals surface area contributed by atoms with Crippen LogP contribution in [0.3, 0.4) is 0 Å². The SMILES string of the molecule is O=C(NCc1cccnc1)c1ccc(NC(=O)[C@H]2CCCC[C@@H]2C(=O)O)cc1. The van der Waals surface area contributed by atoms with E-state index in [9.17, 15) is 19.5 Å². The summed E-state index contributed by atoms with van der Waals surface area (Å²) in [5.41, 5.74) is 1.92. The fourth-order valence-electron chi connectivity index (χ4n) is 3.47. The molecule has 1 aromatic heterocycles. The largest absolute Gasteiger partial charge is 0.481 e. The number of hydrogen-bond acceptors (Lipinski definition) is 4. The third kappa shape index (κ3) is 4.94. The topological polar surface area (TPSA) is 108 Å². The van der Waals surface area contributed by atoms with Gasteiger partial charge in [0.25, 0.3) is 5.91 Å². The Hall–Kier alpha value is -3.22. The van der Waals surface area contributed by atoms with E-state index in [0.717, 1.165) is 18.4 Å². The Balaban J connectivity index is 1.57. The molecule has 7 nitrogen and oxygen atoms in total. The highest BCUT2D eigenvalue weighted by atomic mass is 16.4. The van der Waals surface area contributed by atoms with Gasteiger partial charge in [0.1, 0.15) is 0 Å². The molecular weight excluding hydrogens is 358 g/mol. The van der Waals surface area contributed by atoms with Gasteiger partial charge in [-0.15, -0.1) is 0 Å². The van der Waals surface area contributed by atoms with Gasteiger partial charge in [-0.3, -0.25) is 19.4 Å². The van der Waals surface area contributed by atoms with Crippen molar-refractivity contribution >= 4 is 23.5 Å². The van der Waals surface area contributed by atoms with Crippen LogP contribution in [0.5, 0.6) is 0 Å². The molecule has 0 aliphatic heterocycles. The quantitative estimate of drug-likeness (QED) is 0.713.